The van der Waals surface area contributed by atoms with Crippen LogP contribution in [0.1, 0.15) is 11.1 Å². The van der Waals surface area contributed by atoms with Gasteiger partial charge in [-0.25, -0.2) is 14.8 Å². The maximum absolute atomic E-state index is 12.4. The zero-order valence-electron chi connectivity index (χ0n) is 21.1. The minimum absolute atomic E-state index is 0.267. The number of piperazine rings is 1. The van der Waals surface area contributed by atoms with Crippen LogP contribution in [0.2, 0.25) is 5.02 Å². The van der Waals surface area contributed by atoms with Gasteiger partial charge < -0.3 is 30.9 Å². The Hall–Kier alpha value is -3.60. The summed E-state index contributed by atoms with van der Waals surface area (Å²) >= 11 is 6.52. The van der Waals surface area contributed by atoms with E-state index in [1.807, 2.05) is 6.07 Å². The monoisotopic (exact) mass is 524 g/mol. The van der Waals surface area contributed by atoms with Crippen molar-refractivity contribution in [1.29, 1.82) is 0 Å². The molecule has 1 aliphatic heterocycles. The SMILES string of the molecule is COc1cc(CCNCc2ccc(N3CCN(C)CC3)cc2)c(Cl)cc1NC(=O)Nc1cnc(N)cn1. The first kappa shape index (κ1) is 26.5. The van der Waals surface area contributed by atoms with Crippen molar-refractivity contribution in [2.75, 3.05) is 68.1 Å². The van der Waals surface area contributed by atoms with E-state index in [2.05, 4.69) is 67.0 Å². The van der Waals surface area contributed by atoms with Crippen LogP contribution in [0.25, 0.3) is 0 Å². The van der Waals surface area contributed by atoms with Gasteiger partial charge in [0.25, 0.3) is 0 Å². The predicted octanol–water partition coefficient (Wildman–Crippen LogP) is 3.45. The van der Waals surface area contributed by atoms with Gasteiger partial charge in [-0.3, -0.25) is 5.32 Å². The highest BCUT2D eigenvalue weighted by Gasteiger charge is 2.15. The van der Waals surface area contributed by atoms with Crippen molar-refractivity contribution < 1.29 is 9.53 Å². The van der Waals surface area contributed by atoms with E-state index in [1.54, 1.807) is 13.2 Å². The third-order valence-electron chi connectivity index (χ3n) is 6.24. The number of rotatable bonds is 9. The van der Waals surface area contributed by atoms with Gasteiger partial charge >= 0.3 is 6.03 Å². The number of urea groups is 1. The van der Waals surface area contributed by atoms with Crippen molar-refractivity contribution in [2.24, 2.45) is 0 Å². The van der Waals surface area contributed by atoms with E-state index in [9.17, 15) is 4.79 Å². The van der Waals surface area contributed by atoms with Crippen molar-refractivity contribution in [3.63, 3.8) is 0 Å². The molecule has 2 amide bonds. The molecule has 4 rings (SSSR count). The summed E-state index contributed by atoms with van der Waals surface area (Å²) in [6.45, 7) is 5.83. The maximum atomic E-state index is 12.4. The third-order valence-corrected chi connectivity index (χ3v) is 6.59. The van der Waals surface area contributed by atoms with Crippen LogP contribution in [0.4, 0.5) is 27.8 Å². The molecule has 5 N–H and O–H groups in total. The molecule has 0 bridgehead atoms. The number of likely N-dealkylation sites (N-methyl/N-ethyl adjacent to an activating group) is 1. The van der Waals surface area contributed by atoms with Gasteiger partial charge in [0.05, 0.1) is 25.2 Å². The number of ether oxygens (including phenoxy) is 1. The Balaban J connectivity index is 1.27. The maximum Gasteiger partial charge on any atom is 0.325 e. The average molecular weight is 525 g/mol. The quantitative estimate of drug-likeness (QED) is 0.314. The Bertz CT molecular complexity index is 1180. The van der Waals surface area contributed by atoms with Crippen LogP contribution in [0, 0.1) is 0 Å². The molecule has 1 aliphatic rings. The first-order valence-corrected chi connectivity index (χ1v) is 12.5. The highest BCUT2D eigenvalue weighted by atomic mass is 35.5. The van der Waals surface area contributed by atoms with E-state index >= 15 is 0 Å². The number of anilines is 4. The number of hydrogen-bond acceptors (Lipinski definition) is 8. The minimum atomic E-state index is -0.499. The number of aromatic nitrogens is 2. The summed E-state index contributed by atoms with van der Waals surface area (Å²) in [4.78, 5) is 25.1. The third kappa shape index (κ3) is 7.45. The first-order chi connectivity index (χ1) is 17.9. The van der Waals surface area contributed by atoms with E-state index in [4.69, 9.17) is 22.1 Å². The lowest BCUT2D eigenvalue weighted by Crippen LogP contribution is -2.44. The fraction of sp³-hybridized carbons (Fsp3) is 0.346. The van der Waals surface area contributed by atoms with Gasteiger partial charge in [0, 0.05) is 43.4 Å². The molecule has 2 aromatic carbocycles. The van der Waals surface area contributed by atoms with E-state index in [-0.39, 0.29) is 11.6 Å². The number of carbonyl (C=O) groups is 1. The molecule has 0 radical (unpaired) electrons. The molecular weight excluding hydrogens is 492 g/mol. The van der Waals surface area contributed by atoms with Crippen molar-refractivity contribution in [1.82, 2.24) is 20.2 Å². The van der Waals surface area contributed by atoms with Gasteiger partial charge in [-0.15, -0.1) is 0 Å². The number of nitrogens with one attached hydrogen (secondary N) is 3. The lowest BCUT2D eigenvalue weighted by Gasteiger charge is -2.34. The number of nitrogens with zero attached hydrogens (tertiary/aromatic N) is 4. The van der Waals surface area contributed by atoms with Gasteiger partial charge in [-0.1, -0.05) is 23.7 Å². The summed E-state index contributed by atoms with van der Waals surface area (Å²) in [5.41, 5.74) is 9.40. The number of carbonyl (C=O) groups excluding carboxylic acids is 1. The normalized spacial score (nSPS) is 13.9. The minimum Gasteiger partial charge on any atom is -0.495 e. The summed E-state index contributed by atoms with van der Waals surface area (Å²) < 4.78 is 5.48. The van der Waals surface area contributed by atoms with Crippen molar-refractivity contribution in [3.8, 4) is 5.75 Å². The van der Waals surface area contributed by atoms with Gasteiger partial charge in [0.1, 0.15) is 11.6 Å². The average Bonchev–Trinajstić information content (AvgIpc) is 2.90. The van der Waals surface area contributed by atoms with Crippen molar-refractivity contribution in [3.05, 3.63) is 64.9 Å². The summed E-state index contributed by atoms with van der Waals surface area (Å²) in [7, 11) is 3.71. The van der Waals surface area contributed by atoms with Crippen molar-refractivity contribution >= 4 is 40.6 Å². The molecule has 0 unspecified atom stereocenters. The standard InChI is InChI=1S/C26H33ClN8O2/c1-34-9-11-35(12-10-34)20-5-3-18(4-6-20)15-29-8-7-19-13-23(37-2)22(14-21(19)27)32-26(36)33-25-17-30-24(28)16-31-25/h3-6,13-14,16-17,29H,7-12,15H2,1-2H3,(H2,28,30)(H2,31,32,33,36). The molecule has 1 aromatic heterocycles. The van der Waals surface area contributed by atoms with Crippen LogP contribution in [-0.4, -0.2) is 67.8 Å². The number of hydrogen-bond donors (Lipinski definition) is 4. The molecule has 11 heteroatoms. The molecular formula is C26H33ClN8O2. The largest absolute Gasteiger partial charge is 0.495 e. The zero-order valence-corrected chi connectivity index (χ0v) is 21.9. The lowest BCUT2D eigenvalue weighted by molar-refractivity contribution is 0.262. The predicted molar refractivity (Wildman–Crippen MR) is 149 cm³/mol. The van der Waals surface area contributed by atoms with Gasteiger partial charge in [0.2, 0.25) is 0 Å². The summed E-state index contributed by atoms with van der Waals surface area (Å²) in [5.74, 6) is 1.05. The van der Waals surface area contributed by atoms with E-state index in [0.29, 0.717) is 22.9 Å². The molecule has 37 heavy (non-hydrogen) atoms. The molecule has 1 saturated heterocycles. The first-order valence-electron chi connectivity index (χ1n) is 12.2. The summed E-state index contributed by atoms with van der Waals surface area (Å²) in [6, 6.07) is 11.8. The molecule has 2 heterocycles. The van der Waals surface area contributed by atoms with E-state index in [1.165, 1.54) is 23.6 Å². The molecule has 0 atom stereocenters. The summed E-state index contributed by atoms with van der Waals surface area (Å²) in [6.07, 6.45) is 3.44. The van der Waals surface area contributed by atoms with Crippen LogP contribution in [0.3, 0.4) is 0 Å². The fourth-order valence-corrected chi connectivity index (χ4v) is 4.33. The van der Waals surface area contributed by atoms with Crippen LogP contribution in [0.15, 0.2) is 48.8 Å². The number of nitrogens with two attached hydrogens (primary N) is 1. The summed E-state index contributed by atoms with van der Waals surface area (Å²) in [5, 5.41) is 9.34. The Morgan fingerprint density at radius 2 is 1.84 bits per heavy atom. The smallest absolute Gasteiger partial charge is 0.325 e. The topological polar surface area (TPSA) is 121 Å². The van der Waals surface area contributed by atoms with Crippen LogP contribution < -0.4 is 31.3 Å². The van der Waals surface area contributed by atoms with Gasteiger partial charge in [-0.05, 0) is 55.4 Å². The highest BCUT2D eigenvalue weighted by molar-refractivity contribution is 6.31. The number of benzene rings is 2. The zero-order chi connectivity index (χ0) is 26.2. The highest BCUT2D eigenvalue weighted by Crippen LogP contribution is 2.31. The van der Waals surface area contributed by atoms with Crippen LogP contribution >= 0.6 is 11.6 Å². The Labute approximate surface area is 222 Å². The Kier molecular flexibility index (Phi) is 8.99. The molecule has 0 aliphatic carbocycles. The molecule has 10 nitrogen and oxygen atoms in total. The Morgan fingerprint density at radius 1 is 1.08 bits per heavy atom. The van der Waals surface area contributed by atoms with Crippen LogP contribution in [-0.2, 0) is 13.0 Å². The molecule has 0 spiro atoms. The second-order valence-electron chi connectivity index (χ2n) is 8.93. The molecule has 1 fully saturated rings. The lowest BCUT2D eigenvalue weighted by atomic mass is 10.1. The molecule has 0 saturated carbocycles. The van der Waals surface area contributed by atoms with E-state index < -0.39 is 6.03 Å². The van der Waals surface area contributed by atoms with Crippen LogP contribution in [0.5, 0.6) is 5.75 Å². The van der Waals surface area contributed by atoms with Crippen molar-refractivity contribution in [2.45, 2.75) is 13.0 Å². The number of amides is 2. The molecule has 3 aromatic rings. The molecule has 196 valence electrons. The second-order valence-corrected chi connectivity index (χ2v) is 9.34. The van der Waals surface area contributed by atoms with Gasteiger partial charge in [-0.2, -0.15) is 0 Å². The number of methoxy groups -OCH3 is 1. The fourth-order valence-electron chi connectivity index (χ4n) is 4.07. The second kappa shape index (κ2) is 12.6. The number of nitrogen functional groups attached to an aromatic ring is 1. The number of halogens is 1. The van der Waals surface area contributed by atoms with E-state index in [0.717, 1.165) is 44.8 Å². The van der Waals surface area contributed by atoms with Gasteiger partial charge in [0.15, 0.2) is 5.82 Å². The Morgan fingerprint density at radius 3 is 2.51 bits per heavy atom.